The van der Waals surface area contributed by atoms with Gasteiger partial charge in [-0.2, -0.15) is 0 Å². The third kappa shape index (κ3) is 16.2. The second kappa shape index (κ2) is 36.2. The first-order valence-corrected chi connectivity index (χ1v) is 42.4. The smallest absolute Gasteiger partial charge is 0.258 e. The molecule has 7 aromatic heterocycles. The van der Waals surface area contributed by atoms with E-state index in [0.717, 1.165) is 75.9 Å². The van der Waals surface area contributed by atoms with Gasteiger partial charge in [0.15, 0.2) is 46.0 Å². The van der Waals surface area contributed by atoms with E-state index < -0.39 is 0 Å². The molecular weight excluding hydrogens is 1650 g/mol. The van der Waals surface area contributed by atoms with E-state index in [1.807, 2.05) is 108 Å². The zero-order valence-electron chi connectivity index (χ0n) is 73.1. The molecule has 0 unspecified atom stereocenters. The molecule has 20 rings (SSSR count). The lowest BCUT2D eigenvalue weighted by molar-refractivity contribution is 0.0921. The quantitative estimate of drug-likeness (QED) is 0.0282. The second-order valence-corrected chi connectivity index (χ2v) is 33.8. The summed E-state index contributed by atoms with van der Waals surface area (Å²) in [6, 6.07) is 31.1. The lowest BCUT2D eigenvalue weighted by atomic mass is 9.92. The van der Waals surface area contributed by atoms with Gasteiger partial charge in [-0.1, -0.05) is 0 Å². The Morgan fingerprint density at radius 1 is 0.372 bits per heavy atom. The zero-order chi connectivity index (χ0) is 90.7. The standard InChI is InChI=1S/C27H29N3O5.C25H27N3O5.C23H23N3O5.C22H21N3O5/c1-27(2,30(3)4)13-29-26(33)21-7-19-20-8-24-25(35-14-34-24)9-23(20)28-10-22(19)18-6-16(12-32)15(11-31)5-17(18)21;1-14(2)27(3)4-5-28-24-19-8-22-23(33-13-32-22)9-21(19)26-10-20(24)17-6-15(11-29)16(12-30)7-18(17)25(28)31;1-25(2)3-4-26-22-17-7-20-21(31-12-30-20)8-19(17)24-9-18(22)15-5-13(10-27)14(11-28)6-16(15)23(26)29;1-23-2-3-25-21-16-6-19-20(30-11-29-19)7-18(16)24-8-17(21)14-4-12(9-26)13(10-27)5-15(14)22(25)28/h5-10,31-32H,11-14H2,1-4H3,(H,29,33);6-10,14,29-30H,4-5,11-13H2,1-3H3;5-9,27-28H,3-4,10-12H2,1-2H3;4-8,23,26-27H,2-3,9-11H2,1H3. The number of carbonyl (C=O) groups is 1. The molecule has 4 aliphatic heterocycles. The predicted octanol–water partition coefficient (Wildman–Crippen LogP) is 9.69. The van der Waals surface area contributed by atoms with Crippen LogP contribution in [-0.4, -0.2) is 202 Å². The van der Waals surface area contributed by atoms with Crippen LogP contribution in [0, 0.1) is 0 Å². The van der Waals surface area contributed by atoms with Crippen molar-refractivity contribution in [1.82, 2.24) is 59.0 Å². The Kier molecular flexibility index (Phi) is 24.7. The molecule has 4 aliphatic rings. The van der Waals surface area contributed by atoms with Gasteiger partial charge in [0.1, 0.15) is 0 Å². The molecule has 0 saturated heterocycles. The molecule has 16 aromatic rings. The maximum atomic E-state index is 13.8. The Labute approximate surface area is 737 Å². The lowest BCUT2D eigenvalue weighted by Crippen LogP contribution is -2.48. The Balaban J connectivity index is 0.000000121. The summed E-state index contributed by atoms with van der Waals surface area (Å²) in [5.41, 5.74) is 9.56. The van der Waals surface area contributed by atoms with Gasteiger partial charge >= 0.3 is 0 Å². The monoisotopic (exact) mass is 1750 g/mol. The number of aliphatic hydroxyl groups is 8. The van der Waals surface area contributed by atoms with Crippen LogP contribution in [-0.2, 0) is 72.5 Å². The number of aliphatic hydroxyl groups excluding tert-OH is 8. The van der Waals surface area contributed by atoms with Crippen LogP contribution in [0.5, 0.6) is 46.0 Å². The number of ether oxygens (including phenoxy) is 8. The average molecular weight is 1750 g/mol. The summed E-state index contributed by atoms with van der Waals surface area (Å²) in [6.07, 6.45) is 7.05. The first kappa shape index (κ1) is 88.0. The molecule has 32 nitrogen and oxygen atoms in total. The number of hydrogen-bond donors (Lipinski definition) is 10. The van der Waals surface area contributed by atoms with Crippen molar-refractivity contribution in [2.75, 3.05) is 95.6 Å². The van der Waals surface area contributed by atoms with E-state index in [0.29, 0.717) is 202 Å². The number of aromatic nitrogens is 7. The fourth-order valence-corrected chi connectivity index (χ4v) is 17.1. The molecule has 129 heavy (non-hydrogen) atoms. The first-order valence-electron chi connectivity index (χ1n) is 42.4. The van der Waals surface area contributed by atoms with Gasteiger partial charge in [-0.3, -0.25) is 39.1 Å². The second-order valence-electron chi connectivity index (χ2n) is 33.8. The first-order chi connectivity index (χ1) is 62.3. The van der Waals surface area contributed by atoms with Crippen LogP contribution < -0.4 is 65.2 Å². The van der Waals surface area contributed by atoms with Crippen molar-refractivity contribution in [3.8, 4) is 46.0 Å². The fourth-order valence-electron chi connectivity index (χ4n) is 17.1. The molecule has 1 amide bonds. The molecule has 10 N–H and O–H groups in total. The number of amides is 1. The maximum Gasteiger partial charge on any atom is 0.258 e. The number of nitrogens with zero attached hydrogens (tertiary/aromatic N) is 10. The predicted molar refractivity (Wildman–Crippen MR) is 492 cm³/mol. The summed E-state index contributed by atoms with van der Waals surface area (Å²) in [4.78, 5) is 79.3. The van der Waals surface area contributed by atoms with Crippen LogP contribution in [0.25, 0.3) is 130 Å². The van der Waals surface area contributed by atoms with Gasteiger partial charge in [0.05, 0.1) is 91.5 Å². The van der Waals surface area contributed by atoms with Gasteiger partial charge in [0, 0.05) is 171 Å². The van der Waals surface area contributed by atoms with Crippen molar-refractivity contribution in [2.24, 2.45) is 0 Å². The van der Waals surface area contributed by atoms with E-state index in [1.54, 1.807) is 81.0 Å². The van der Waals surface area contributed by atoms with Crippen molar-refractivity contribution in [2.45, 2.75) is 112 Å². The summed E-state index contributed by atoms with van der Waals surface area (Å²) in [7, 11) is 11.7. The Morgan fingerprint density at radius 3 is 0.984 bits per heavy atom. The van der Waals surface area contributed by atoms with Gasteiger partial charge in [-0.05, 0) is 226 Å². The van der Waals surface area contributed by atoms with Crippen LogP contribution in [0.3, 0.4) is 0 Å². The van der Waals surface area contributed by atoms with Gasteiger partial charge < -0.3 is 118 Å². The van der Waals surface area contributed by atoms with E-state index in [9.17, 15) is 60.0 Å². The third-order valence-corrected chi connectivity index (χ3v) is 25.2. The molecule has 0 fully saturated rings. The van der Waals surface area contributed by atoms with E-state index in [1.165, 1.54) is 0 Å². The van der Waals surface area contributed by atoms with Crippen molar-refractivity contribution in [1.29, 1.82) is 0 Å². The average Bonchev–Trinajstić information content (AvgIpc) is 1.57. The zero-order valence-corrected chi connectivity index (χ0v) is 73.1. The summed E-state index contributed by atoms with van der Waals surface area (Å²) in [6.45, 7) is 11.0. The third-order valence-electron chi connectivity index (χ3n) is 25.2. The van der Waals surface area contributed by atoms with E-state index >= 15 is 0 Å². The molecule has 0 bridgehead atoms. The van der Waals surface area contributed by atoms with E-state index in [4.69, 9.17) is 37.9 Å². The van der Waals surface area contributed by atoms with Gasteiger partial charge in [-0.15, -0.1) is 0 Å². The summed E-state index contributed by atoms with van der Waals surface area (Å²) < 4.78 is 49.6. The molecule has 668 valence electrons. The van der Waals surface area contributed by atoms with Crippen LogP contribution >= 0.6 is 0 Å². The minimum atomic E-state index is -0.251. The number of benzene rings is 9. The molecule has 9 aromatic carbocycles. The molecular formula is C97H100N12O20. The van der Waals surface area contributed by atoms with E-state index in [-0.39, 0.29) is 108 Å². The molecule has 0 spiro atoms. The van der Waals surface area contributed by atoms with Crippen LogP contribution in [0.4, 0.5) is 0 Å². The largest absolute Gasteiger partial charge is 0.454 e. The number of likely N-dealkylation sites (N-methyl/N-ethyl adjacent to an activating group) is 4. The summed E-state index contributed by atoms with van der Waals surface area (Å²) in [5, 5.41) is 97.0. The van der Waals surface area contributed by atoms with Crippen molar-refractivity contribution in [3.63, 3.8) is 0 Å². The number of pyridine rings is 7. The van der Waals surface area contributed by atoms with Crippen molar-refractivity contribution in [3.05, 3.63) is 209 Å². The molecule has 0 saturated carbocycles. The van der Waals surface area contributed by atoms with Gasteiger partial charge in [0.25, 0.3) is 22.6 Å². The minimum absolute atomic E-state index is 0.140. The van der Waals surface area contributed by atoms with Crippen LogP contribution in [0.2, 0.25) is 0 Å². The number of nitrogens with one attached hydrogen (secondary N) is 2. The minimum Gasteiger partial charge on any atom is -0.454 e. The summed E-state index contributed by atoms with van der Waals surface area (Å²) >= 11 is 0. The SMILES string of the molecule is CC(C)N(C)CCn1c(=O)c2cc(CO)c(CO)cc2c2cnc3cc4c(cc3c21)OCO4.CN(C)C(C)(C)CNC(=O)c1cc2c3cc4c(cc3ncc2c2cc(CO)c(CO)cc12)OCO4.CN(C)CCn1c(=O)c2cc(CO)c(CO)cc2c2cnc3cc4c(cc3c21)OCO4.CNCCn1c(=O)c2cc(CO)c(CO)cc2c2cnc3cc4c(cc3c21)OCO4. The number of carbonyl (C=O) groups excluding carboxylic acids is 1. The Hall–Kier alpha value is -13.1. The maximum absolute atomic E-state index is 13.8. The Bertz CT molecular complexity index is 7420. The van der Waals surface area contributed by atoms with Crippen molar-refractivity contribution >= 4 is 136 Å². The van der Waals surface area contributed by atoms with E-state index in [2.05, 4.69) is 68.1 Å². The van der Waals surface area contributed by atoms with Gasteiger partial charge in [-0.25, -0.2) is 0 Å². The molecule has 32 heteroatoms. The summed E-state index contributed by atoms with van der Waals surface area (Å²) in [5.74, 6) is 4.85. The number of fused-ring (bicyclic) bond motifs is 24. The molecule has 0 radical (unpaired) electrons. The Morgan fingerprint density at radius 2 is 0.659 bits per heavy atom. The van der Waals surface area contributed by atoms with Crippen molar-refractivity contribution < 1.29 is 83.5 Å². The number of rotatable bonds is 22. The lowest BCUT2D eigenvalue weighted by Gasteiger charge is -2.32. The highest BCUT2D eigenvalue weighted by atomic mass is 16.7. The highest BCUT2D eigenvalue weighted by Crippen LogP contribution is 2.45. The molecule has 0 atom stereocenters. The molecule has 0 aliphatic carbocycles. The highest BCUT2D eigenvalue weighted by Gasteiger charge is 2.29. The number of hydrogen-bond acceptors (Lipinski definition) is 28. The van der Waals surface area contributed by atoms with Crippen LogP contribution in [0.15, 0.2) is 142 Å². The van der Waals surface area contributed by atoms with Crippen LogP contribution in [0.1, 0.15) is 82.6 Å². The van der Waals surface area contributed by atoms with Gasteiger partial charge in [0.2, 0.25) is 27.2 Å². The normalized spacial score (nSPS) is 13.2. The highest BCUT2D eigenvalue weighted by molar-refractivity contribution is 6.23. The fraction of sp³-hybridized carbons (Fsp3) is 0.320. The topological polar surface area (TPSA) is 404 Å². The molecule has 11 heterocycles.